The lowest BCUT2D eigenvalue weighted by molar-refractivity contribution is -0.174. The van der Waals surface area contributed by atoms with Crippen molar-refractivity contribution in [2.45, 2.75) is 30.9 Å². The minimum absolute atomic E-state index is 0.0970. The van der Waals surface area contributed by atoms with Crippen LogP contribution in [0.25, 0.3) is 0 Å². The number of aromatic nitrogens is 2. The van der Waals surface area contributed by atoms with Gasteiger partial charge < -0.3 is 15.1 Å². The number of halogens is 7. The molecule has 6 nitrogen and oxygen atoms in total. The second kappa shape index (κ2) is 7.76. The molecule has 2 unspecified atom stereocenters. The predicted molar refractivity (Wildman–Crippen MR) is 101 cm³/mol. The smallest absolute Gasteiger partial charge is 0.416 e. The molecule has 2 N–H and O–H groups in total. The lowest BCUT2D eigenvalue weighted by atomic mass is 10.0. The summed E-state index contributed by atoms with van der Waals surface area (Å²) in [6.45, 7) is 0. The van der Waals surface area contributed by atoms with Gasteiger partial charge in [-0.1, -0.05) is 11.6 Å². The van der Waals surface area contributed by atoms with E-state index in [0.29, 0.717) is 10.7 Å². The number of nitrogens with zero attached hydrogens (tertiary/aromatic N) is 2. The normalized spacial score (nSPS) is 18.7. The molecule has 0 aliphatic carbocycles. The minimum atomic E-state index is -4.68. The second-order valence-corrected chi connectivity index (χ2v) is 7.42. The van der Waals surface area contributed by atoms with E-state index < -0.39 is 48.0 Å². The molecule has 0 spiro atoms. The molecule has 0 radical (unpaired) electrons. The molecule has 3 aromatic rings. The predicted octanol–water partition coefficient (Wildman–Crippen LogP) is 6.06. The van der Waals surface area contributed by atoms with Crippen molar-refractivity contribution in [3.63, 3.8) is 0 Å². The number of fused-ring (bicyclic) bond motifs is 1. The Hall–Kier alpha value is -3.15. The van der Waals surface area contributed by atoms with Crippen LogP contribution in [0.3, 0.4) is 0 Å². The molecule has 0 bridgehead atoms. The molecule has 1 aromatic carbocycles. The molecule has 3 heterocycles. The quantitative estimate of drug-likeness (QED) is 0.449. The highest BCUT2D eigenvalue weighted by Crippen LogP contribution is 2.43. The zero-order valence-corrected chi connectivity index (χ0v) is 16.5. The maximum absolute atomic E-state index is 13.7. The Balaban J connectivity index is 1.64. The molecule has 4 rings (SSSR count). The molecular formula is C19H13ClF6N4O2. The lowest BCUT2D eigenvalue weighted by Crippen LogP contribution is -2.35. The number of furan rings is 1. The number of rotatable bonds is 3. The van der Waals surface area contributed by atoms with E-state index >= 15 is 0 Å². The van der Waals surface area contributed by atoms with Crippen LogP contribution in [0, 0.1) is 0 Å². The summed E-state index contributed by atoms with van der Waals surface area (Å²) in [6, 6.07) is 3.56. The van der Waals surface area contributed by atoms with E-state index in [1.54, 1.807) is 0 Å². The Labute approximate surface area is 181 Å². The number of carbonyl (C=O) groups excluding carboxylic acids is 1. The maximum atomic E-state index is 13.7. The van der Waals surface area contributed by atoms with Crippen LogP contribution in [0.5, 0.6) is 0 Å². The van der Waals surface area contributed by atoms with Crippen LogP contribution < -0.4 is 10.6 Å². The molecule has 2 aromatic heterocycles. The van der Waals surface area contributed by atoms with Crippen molar-refractivity contribution in [3.8, 4) is 0 Å². The van der Waals surface area contributed by atoms with Gasteiger partial charge in [0.25, 0.3) is 5.91 Å². The van der Waals surface area contributed by atoms with Gasteiger partial charge in [0.15, 0.2) is 11.7 Å². The van der Waals surface area contributed by atoms with Gasteiger partial charge in [0.2, 0.25) is 0 Å². The zero-order chi connectivity index (χ0) is 23.3. The molecule has 13 heteroatoms. The van der Waals surface area contributed by atoms with Gasteiger partial charge in [-0.05, 0) is 30.3 Å². The van der Waals surface area contributed by atoms with Crippen molar-refractivity contribution in [1.29, 1.82) is 0 Å². The molecule has 32 heavy (non-hydrogen) atoms. The fraction of sp³-hybridized carbons (Fsp3) is 0.263. The van der Waals surface area contributed by atoms with Gasteiger partial charge in [0.05, 0.1) is 28.6 Å². The van der Waals surface area contributed by atoms with Gasteiger partial charge in [0, 0.05) is 12.5 Å². The molecule has 0 saturated heterocycles. The molecule has 0 saturated carbocycles. The summed E-state index contributed by atoms with van der Waals surface area (Å²) in [7, 11) is 0. The fourth-order valence-electron chi connectivity index (χ4n) is 3.34. The van der Waals surface area contributed by atoms with Crippen molar-refractivity contribution in [1.82, 2.24) is 9.78 Å². The molecule has 170 valence electrons. The van der Waals surface area contributed by atoms with Gasteiger partial charge in [-0.15, -0.1) is 0 Å². The van der Waals surface area contributed by atoms with Crippen LogP contribution in [0.1, 0.15) is 40.3 Å². The SMILES string of the molecule is O=C(Nc1cc(C(F)(F)F)ccc1Cl)c1cc2n(n1)C(C(F)(F)F)CC(c1ccco1)N2. The number of nitrogens with one attached hydrogen (secondary N) is 2. The van der Waals surface area contributed by atoms with E-state index in [-0.39, 0.29) is 22.3 Å². The van der Waals surface area contributed by atoms with Crippen LogP contribution in [0.4, 0.5) is 37.8 Å². The fourth-order valence-corrected chi connectivity index (χ4v) is 3.51. The van der Waals surface area contributed by atoms with Crippen molar-refractivity contribution in [3.05, 3.63) is 64.7 Å². The molecular weight excluding hydrogens is 466 g/mol. The zero-order valence-electron chi connectivity index (χ0n) is 15.8. The summed E-state index contributed by atoms with van der Waals surface area (Å²) in [5.41, 5.74) is -1.84. The Morgan fingerprint density at radius 3 is 2.56 bits per heavy atom. The van der Waals surface area contributed by atoms with Crippen LogP contribution >= 0.6 is 11.6 Å². The van der Waals surface area contributed by atoms with Gasteiger partial charge in [-0.2, -0.15) is 31.4 Å². The van der Waals surface area contributed by atoms with Gasteiger partial charge in [-0.3, -0.25) is 4.79 Å². The Bertz CT molecular complexity index is 1140. The third kappa shape index (κ3) is 4.27. The van der Waals surface area contributed by atoms with Gasteiger partial charge in [0.1, 0.15) is 11.6 Å². The van der Waals surface area contributed by atoms with Gasteiger partial charge in [-0.25, -0.2) is 4.68 Å². The highest BCUT2D eigenvalue weighted by Gasteiger charge is 2.47. The average molecular weight is 479 g/mol. The van der Waals surface area contributed by atoms with E-state index in [4.69, 9.17) is 16.0 Å². The first-order valence-corrected chi connectivity index (χ1v) is 9.45. The number of hydrogen-bond donors (Lipinski definition) is 2. The Morgan fingerprint density at radius 1 is 1.19 bits per heavy atom. The van der Waals surface area contributed by atoms with Gasteiger partial charge >= 0.3 is 12.4 Å². The Morgan fingerprint density at radius 2 is 1.94 bits per heavy atom. The Kier molecular flexibility index (Phi) is 5.35. The van der Waals surface area contributed by atoms with Crippen molar-refractivity contribution < 1.29 is 35.6 Å². The topological polar surface area (TPSA) is 72.1 Å². The first-order valence-electron chi connectivity index (χ1n) is 9.08. The van der Waals surface area contributed by atoms with Crippen molar-refractivity contribution in [2.75, 3.05) is 10.6 Å². The average Bonchev–Trinajstić information content (AvgIpc) is 3.36. The van der Waals surface area contributed by atoms with Crippen LogP contribution in [0.15, 0.2) is 47.1 Å². The number of carbonyl (C=O) groups is 1. The number of hydrogen-bond acceptors (Lipinski definition) is 4. The summed E-state index contributed by atoms with van der Waals surface area (Å²) in [5, 5.41) is 8.56. The first kappa shape index (κ1) is 22.1. The monoisotopic (exact) mass is 478 g/mol. The van der Waals surface area contributed by atoms with E-state index in [1.165, 1.54) is 18.4 Å². The third-order valence-corrected chi connectivity index (χ3v) is 5.18. The molecule has 2 atom stereocenters. The van der Waals surface area contributed by atoms with E-state index in [0.717, 1.165) is 18.2 Å². The molecule has 1 aliphatic rings. The number of anilines is 2. The summed E-state index contributed by atoms with van der Waals surface area (Å²) in [4.78, 5) is 12.6. The standard InChI is InChI=1S/C19H13ClF6N4O2/c20-10-4-3-9(18(21,22)23)6-11(10)28-17(31)13-8-16-27-12(14-2-1-5-32-14)7-15(19(24,25)26)30(16)29-13/h1-6,8,12,15,27H,7H2,(H,28,31). The minimum Gasteiger partial charge on any atom is -0.467 e. The first-order chi connectivity index (χ1) is 14.9. The van der Waals surface area contributed by atoms with E-state index in [2.05, 4.69) is 15.7 Å². The summed E-state index contributed by atoms with van der Waals surface area (Å²) >= 11 is 5.86. The molecule has 1 aliphatic heterocycles. The number of amides is 1. The van der Waals surface area contributed by atoms with Crippen LogP contribution in [-0.4, -0.2) is 21.9 Å². The summed E-state index contributed by atoms with van der Waals surface area (Å²) < 4.78 is 85.6. The highest BCUT2D eigenvalue weighted by molar-refractivity contribution is 6.33. The third-order valence-electron chi connectivity index (χ3n) is 4.85. The van der Waals surface area contributed by atoms with Crippen LogP contribution in [0.2, 0.25) is 5.02 Å². The number of alkyl halides is 6. The van der Waals surface area contributed by atoms with E-state index in [1.807, 2.05) is 0 Å². The largest absolute Gasteiger partial charge is 0.467 e. The molecule has 0 fully saturated rings. The lowest BCUT2D eigenvalue weighted by Gasteiger charge is -2.32. The highest BCUT2D eigenvalue weighted by atomic mass is 35.5. The van der Waals surface area contributed by atoms with E-state index in [9.17, 15) is 31.1 Å². The van der Waals surface area contributed by atoms with Crippen molar-refractivity contribution in [2.24, 2.45) is 0 Å². The summed E-state index contributed by atoms with van der Waals surface area (Å²) in [6.07, 6.45) is -8.47. The summed E-state index contributed by atoms with van der Waals surface area (Å²) in [5.74, 6) is -0.848. The van der Waals surface area contributed by atoms with Crippen molar-refractivity contribution >= 4 is 29.0 Å². The molecule has 1 amide bonds. The second-order valence-electron chi connectivity index (χ2n) is 7.01. The maximum Gasteiger partial charge on any atom is 0.416 e. The van der Waals surface area contributed by atoms with Crippen LogP contribution in [-0.2, 0) is 6.18 Å². The number of benzene rings is 1.